The van der Waals surface area contributed by atoms with Gasteiger partial charge in [-0.25, -0.2) is 0 Å². The first-order valence-corrected chi connectivity index (χ1v) is 6.59. The van der Waals surface area contributed by atoms with Crippen LogP contribution in [0.25, 0.3) is 5.69 Å². The van der Waals surface area contributed by atoms with Gasteiger partial charge in [-0.1, -0.05) is 39.2 Å². The van der Waals surface area contributed by atoms with Gasteiger partial charge in [0.1, 0.15) is 5.75 Å². The number of para-hydroxylation sites is 1. The first kappa shape index (κ1) is 12.6. The minimum absolute atomic E-state index is 0.272. The normalized spacial score (nSPS) is 10.4. The maximum atomic E-state index is 5.77. The lowest BCUT2D eigenvalue weighted by Crippen LogP contribution is -2.00. The molecule has 0 unspecified atom stereocenters. The zero-order valence-electron chi connectivity index (χ0n) is 10.3. The first-order valence-electron chi connectivity index (χ1n) is 5.80. The number of rotatable bonds is 3. The largest absolute Gasteiger partial charge is 0.423 e. The van der Waals surface area contributed by atoms with Crippen molar-refractivity contribution in [1.29, 1.82) is 0 Å². The lowest BCUT2D eigenvalue weighted by Gasteiger charge is -2.07. The molecule has 0 bridgehead atoms. The zero-order chi connectivity index (χ0) is 13.9. The molecule has 0 saturated heterocycles. The summed E-state index contributed by atoms with van der Waals surface area (Å²) in [5.41, 5.74) is 7.18. The highest BCUT2D eigenvalue weighted by Gasteiger charge is 2.11. The Morgan fingerprint density at radius 2 is 1.90 bits per heavy atom. The summed E-state index contributed by atoms with van der Waals surface area (Å²) < 4.78 is 8.02. The summed E-state index contributed by atoms with van der Waals surface area (Å²) in [5, 5.41) is 11.4. The van der Waals surface area contributed by atoms with Gasteiger partial charge in [0.25, 0.3) is 0 Å². The Balaban J connectivity index is 1.94. The molecule has 0 radical (unpaired) electrons. The van der Waals surface area contributed by atoms with Crippen LogP contribution in [0, 0.1) is 0 Å². The Morgan fingerprint density at radius 1 is 1.10 bits per heavy atom. The predicted octanol–water partition coefficient (Wildman–Crippen LogP) is 2.80. The molecule has 1 aromatic heterocycles. The van der Waals surface area contributed by atoms with Crippen LogP contribution in [-0.4, -0.2) is 20.2 Å². The van der Waals surface area contributed by atoms with E-state index in [9.17, 15) is 0 Å². The van der Waals surface area contributed by atoms with Crippen LogP contribution in [-0.2, 0) is 0 Å². The van der Waals surface area contributed by atoms with Crippen molar-refractivity contribution in [3.8, 4) is 17.4 Å². The number of ether oxygens (including phenoxy) is 1. The van der Waals surface area contributed by atoms with E-state index >= 15 is 0 Å². The highest BCUT2D eigenvalue weighted by Crippen LogP contribution is 2.27. The maximum absolute atomic E-state index is 5.77. The van der Waals surface area contributed by atoms with Gasteiger partial charge in [0, 0.05) is 16.2 Å². The van der Waals surface area contributed by atoms with Gasteiger partial charge in [0.2, 0.25) is 0 Å². The summed E-state index contributed by atoms with van der Waals surface area (Å²) in [4.78, 5) is 0. The lowest BCUT2D eigenvalue weighted by atomic mass is 10.3. The van der Waals surface area contributed by atoms with Crippen LogP contribution >= 0.6 is 15.9 Å². The second-order valence-electron chi connectivity index (χ2n) is 4.03. The van der Waals surface area contributed by atoms with Crippen molar-refractivity contribution in [3.63, 3.8) is 0 Å². The number of aromatic nitrogens is 4. The zero-order valence-corrected chi connectivity index (χ0v) is 11.9. The van der Waals surface area contributed by atoms with Gasteiger partial charge in [-0.05, 0) is 34.7 Å². The number of hydrogen-bond acceptors (Lipinski definition) is 5. The van der Waals surface area contributed by atoms with Gasteiger partial charge in [-0.3, -0.25) is 0 Å². The second-order valence-corrected chi connectivity index (χ2v) is 4.95. The number of halogens is 1. The average molecular weight is 332 g/mol. The number of nitrogens with zero attached hydrogens (tertiary/aromatic N) is 4. The van der Waals surface area contributed by atoms with E-state index in [0.29, 0.717) is 11.4 Å². The molecule has 2 aromatic carbocycles. The molecule has 0 aliphatic rings. The molecule has 0 atom stereocenters. The molecule has 0 saturated carbocycles. The highest BCUT2D eigenvalue weighted by molar-refractivity contribution is 9.10. The molecule has 0 aliphatic carbocycles. The van der Waals surface area contributed by atoms with Crippen molar-refractivity contribution in [2.24, 2.45) is 0 Å². The third kappa shape index (κ3) is 2.62. The van der Waals surface area contributed by atoms with Crippen molar-refractivity contribution < 1.29 is 4.74 Å². The van der Waals surface area contributed by atoms with Crippen LogP contribution in [0.15, 0.2) is 53.0 Å². The molecule has 3 aromatic rings. The molecule has 0 spiro atoms. The van der Waals surface area contributed by atoms with E-state index < -0.39 is 0 Å². The Labute approximate surface area is 123 Å². The van der Waals surface area contributed by atoms with Crippen LogP contribution in [0.1, 0.15) is 0 Å². The average Bonchev–Trinajstić information content (AvgIpc) is 2.86. The molecule has 100 valence electrons. The van der Waals surface area contributed by atoms with E-state index in [1.165, 1.54) is 4.68 Å². The molecule has 2 N–H and O–H groups in total. The molecule has 6 nitrogen and oxygen atoms in total. The van der Waals surface area contributed by atoms with E-state index in [0.717, 1.165) is 10.2 Å². The van der Waals surface area contributed by atoms with Crippen molar-refractivity contribution in [2.75, 3.05) is 5.73 Å². The Hall–Kier alpha value is -2.41. The molecule has 0 fully saturated rings. The molecule has 1 heterocycles. The first-order chi connectivity index (χ1) is 9.72. The summed E-state index contributed by atoms with van der Waals surface area (Å²) in [6.07, 6.45) is 0. The molecule has 7 heteroatoms. The van der Waals surface area contributed by atoms with E-state index in [-0.39, 0.29) is 6.01 Å². The van der Waals surface area contributed by atoms with Crippen LogP contribution in [0.5, 0.6) is 11.8 Å². The Bertz CT molecular complexity index is 708. The fraction of sp³-hybridized carbons (Fsp3) is 0. The number of anilines is 1. The van der Waals surface area contributed by atoms with Crippen LogP contribution in [0.2, 0.25) is 0 Å². The van der Waals surface area contributed by atoms with Gasteiger partial charge >= 0.3 is 6.01 Å². The number of tetrazole rings is 1. The summed E-state index contributed by atoms with van der Waals surface area (Å²) in [6, 6.07) is 15.0. The molecular weight excluding hydrogens is 322 g/mol. The molecule has 0 amide bonds. The number of hydrogen-bond donors (Lipinski definition) is 1. The number of nitrogen functional groups attached to an aromatic ring is 1. The second kappa shape index (κ2) is 5.30. The maximum Gasteiger partial charge on any atom is 0.345 e. The Morgan fingerprint density at radius 3 is 2.65 bits per heavy atom. The molecule has 3 rings (SSSR count). The number of nitrogens with two attached hydrogens (primary N) is 1. The van der Waals surface area contributed by atoms with E-state index in [1.807, 2.05) is 30.3 Å². The monoisotopic (exact) mass is 331 g/mol. The van der Waals surface area contributed by atoms with Crippen molar-refractivity contribution in [2.45, 2.75) is 0 Å². The molecule has 0 aliphatic heterocycles. The van der Waals surface area contributed by atoms with Gasteiger partial charge < -0.3 is 10.5 Å². The van der Waals surface area contributed by atoms with Crippen LogP contribution in [0.4, 0.5) is 5.69 Å². The van der Waals surface area contributed by atoms with E-state index in [1.54, 1.807) is 18.2 Å². The fourth-order valence-electron chi connectivity index (χ4n) is 1.72. The Kier molecular flexibility index (Phi) is 3.34. The third-order valence-corrected chi connectivity index (χ3v) is 3.00. The smallest absolute Gasteiger partial charge is 0.345 e. The van der Waals surface area contributed by atoms with Crippen molar-refractivity contribution in [3.05, 3.63) is 53.0 Å². The number of benzene rings is 2. The van der Waals surface area contributed by atoms with Crippen molar-refractivity contribution in [1.82, 2.24) is 20.2 Å². The lowest BCUT2D eigenvalue weighted by molar-refractivity contribution is 0.427. The fourth-order valence-corrected chi connectivity index (χ4v) is 2.21. The summed E-state index contributed by atoms with van der Waals surface area (Å²) in [6.45, 7) is 0. The van der Waals surface area contributed by atoms with Crippen LogP contribution in [0.3, 0.4) is 0 Å². The van der Waals surface area contributed by atoms with Crippen molar-refractivity contribution >= 4 is 21.6 Å². The van der Waals surface area contributed by atoms with Gasteiger partial charge in [-0.15, -0.1) is 0 Å². The predicted molar refractivity (Wildman–Crippen MR) is 77.8 cm³/mol. The van der Waals surface area contributed by atoms with Gasteiger partial charge in [0.15, 0.2) is 0 Å². The van der Waals surface area contributed by atoms with E-state index in [4.69, 9.17) is 10.5 Å². The van der Waals surface area contributed by atoms with Gasteiger partial charge in [-0.2, -0.15) is 4.68 Å². The van der Waals surface area contributed by atoms with Crippen LogP contribution < -0.4 is 10.5 Å². The third-order valence-electron chi connectivity index (χ3n) is 2.54. The minimum atomic E-state index is 0.272. The highest BCUT2D eigenvalue weighted by atomic mass is 79.9. The summed E-state index contributed by atoms with van der Waals surface area (Å²) in [5.74, 6) is 0.559. The quantitative estimate of drug-likeness (QED) is 0.746. The topological polar surface area (TPSA) is 78.8 Å². The minimum Gasteiger partial charge on any atom is -0.423 e. The van der Waals surface area contributed by atoms with Gasteiger partial charge in [0.05, 0.1) is 5.69 Å². The molecule has 20 heavy (non-hydrogen) atoms. The van der Waals surface area contributed by atoms with E-state index in [2.05, 4.69) is 31.5 Å². The SMILES string of the molecule is Nc1cc(Br)cc(Oc2nnnn2-c2ccccc2)c1. The summed E-state index contributed by atoms with van der Waals surface area (Å²) in [7, 11) is 0. The standard InChI is InChI=1S/C13H10BrN5O/c14-9-6-10(15)8-12(7-9)20-13-16-17-18-19(13)11-4-2-1-3-5-11/h1-8H,15H2. The summed E-state index contributed by atoms with van der Waals surface area (Å²) >= 11 is 3.36. The molecular formula is C13H10BrN5O.